The summed E-state index contributed by atoms with van der Waals surface area (Å²) in [6.45, 7) is 3.52. The second-order valence-corrected chi connectivity index (χ2v) is 7.27. The minimum absolute atomic E-state index is 0.101. The van der Waals surface area contributed by atoms with Gasteiger partial charge in [-0.3, -0.25) is 14.5 Å². The Hall–Kier alpha value is -2.60. The van der Waals surface area contributed by atoms with Crippen molar-refractivity contribution in [1.29, 1.82) is 0 Å². The van der Waals surface area contributed by atoms with Crippen LogP contribution in [0.15, 0.2) is 53.1 Å². The minimum atomic E-state index is -0.101. The van der Waals surface area contributed by atoms with Gasteiger partial charge in [-0.25, -0.2) is 0 Å². The number of rotatable bonds is 6. The second kappa shape index (κ2) is 7.96. The molecule has 0 N–H and O–H groups in total. The second-order valence-electron chi connectivity index (χ2n) is 7.27. The number of nitrogens with zero attached hydrogens (tertiary/aromatic N) is 3. The Kier molecular flexibility index (Phi) is 5.25. The number of piperazine rings is 1. The minimum Gasteiger partial charge on any atom is -0.459 e. The predicted octanol–water partition coefficient (Wildman–Crippen LogP) is 2.23. The van der Waals surface area contributed by atoms with Gasteiger partial charge in [-0.2, -0.15) is 0 Å². The van der Waals surface area contributed by atoms with Gasteiger partial charge in [-0.15, -0.1) is 0 Å². The number of carbonyl (C=O) groups excluding carboxylic acids is 2. The normalized spacial score (nSPS) is 17.4. The van der Waals surface area contributed by atoms with E-state index in [-0.39, 0.29) is 11.8 Å². The van der Waals surface area contributed by atoms with E-state index in [1.54, 1.807) is 17.0 Å². The molecule has 0 bridgehead atoms. The maximum atomic E-state index is 12.8. The van der Waals surface area contributed by atoms with E-state index >= 15 is 0 Å². The van der Waals surface area contributed by atoms with Crippen molar-refractivity contribution in [1.82, 2.24) is 14.7 Å². The van der Waals surface area contributed by atoms with Gasteiger partial charge in [0.2, 0.25) is 5.91 Å². The molecule has 1 aliphatic carbocycles. The highest BCUT2D eigenvalue weighted by Gasteiger charge is 2.32. The van der Waals surface area contributed by atoms with E-state index in [4.69, 9.17) is 4.42 Å². The van der Waals surface area contributed by atoms with Crippen molar-refractivity contribution in [3.05, 3.63) is 60.1 Å². The van der Waals surface area contributed by atoms with Crippen molar-refractivity contribution in [2.75, 3.05) is 32.7 Å². The van der Waals surface area contributed by atoms with E-state index in [1.807, 2.05) is 23.1 Å². The monoisotopic (exact) mass is 367 g/mol. The highest BCUT2D eigenvalue weighted by atomic mass is 16.3. The highest BCUT2D eigenvalue weighted by Crippen LogP contribution is 2.28. The topological polar surface area (TPSA) is 57.0 Å². The molecule has 4 rings (SSSR count). The summed E-state index contributed by atoms with van der Waals surface area (Å²) in [5.41, 5.74) is 1.24. The van der Waals surface area contributed by atoms with Crippen molar-refractivity contribution in [2.45, 2.75) is 25.4 Å². The van der Waals surface area contributed by atoms with Gasteiger partial charge in [0.05, 0.1) is 12.8 Å². The molecule has 0 radical (unpaired) electrons. The lowest BCUT2D eigenvalue weighted by atomic mass is 10.2. The molecule has 2 amide bonds. The summed E-state index contributed by atoms with van der Waals surface area (Å²) >= 11 is 0. The lowest BCUT2D eigenvalue weighted by Crippen LogP contribution is -2.52. The molecule has 2 aromatic rings. The van der Waals surface area contributed by atoms with Crippen molar-refractivity contribution in [3.8, 4) is 0 Å². The first-order chi connectivity index (χ1) is 13.2. The van der Waals surface area contributed by atoms with Crippen LogP contribution in [-0.4, -0.2) is 65.3 Å². The van der Waals surface area contributed by atoms with Crippen LogP contribution in [0.2, 0.25) is 0 Å². The SMILES string of the molecule is O=C(CN(Cc1ccccc1)C1CC1)N1CCN(C(=O)c2ccco2)CC1. The third kappa shape index (κ3) is 4.39. The summed E-state index contributed by atoms with van der Waals surface area (Å²) in [6.07, 6.45) is 3.85. The van der Waals surface area contributed by atoms with E-state index < -0.39 is 0 Å². The van der Waals surface area contributed by atoms with Gasteiger partial charge in [0.15, 0.2) is 5.76 Å². The van der Waals surface area contributed by atoms with Crippen LogP contribution in [0.5, 0.6) is 0 Å². The molecule has 2 fully saturated rings. The lowest BCUT2D eigenvalue weighted by molar-refractivity contribution is -0.134. The molecule has 0 unspecified atom stereocenters. The molecule has 27 heavy (non-hydrogen) atoms. The first kappa shape index (κ1) is 17.8. The summed E-state index contributed by atoms with van der Waals surface area (Å²) in [5, 5.41) is 0. The van der Waals surface area contributed by atoms with Gasteiger partial charge in [0.25, 0.3) is 5.91 Å². The van der Waals surface area contributed by atoms with Crippen molar-refractivity contribution >= 4 is 11.8 Å². The Labute approximate surface area is 159 Å². The first-order valence-corrected chi connectivity index (χ1v) is 9.59. The zero-order chi connectivity index (χ0) is 18.6. The number of amides is 2. The Bertz CT molecular complexity index is 763. The number of benzene rings is 1. The molecule has 6 nitrogen and oxygen atoms in total. The maximum Gasteiger partial charge on any atom is 0.289 e. The third-order valence-electron chi connectivity index (χ3n) is 5.28. The quantitative estimate of drug-likeness (QED) is 0.786. The maximum absolute atomic E-state index is 12.8. The molecule has 1 aromatic heterocycles. The Morgan fingerprint density at radius 2 is 1.67 bits per heavy atom. The fourth-order valence-electron chi connectivity index (χ4n) is 3.56. The van der Waals surface area contributed by atoms with Gasteiger partial charge < -0.3 is 14.2 Å². The van der Waals surface area contributed by atoms with Gasteiger partial charge in [0, 0.05) is 38.8 Å². The Morgan fingerprint density at radius 3 is 2.30 bits per heavy atom. The molecule has 1 aromatic carbocycles. The summed E-state index contributed by atoms with van der Waals surface area (Å²) in [5.74, 6) is 0.413. The van der Waals surface area contributed by atoms with Crippen molar-refractivity contribution in [2.24, 2.45) is 0 Å². The van der Waals surface area contributed by atoms with E-state index in [0.717, 1.165) is 6.54 Å². The molecular formula is C21H25N3O3. The van der Waals surface area contributed by atoms with Crippen molar-refractivity contribution < 1.29 is 14.0 Å². The summed E-state index contributed by atoms with van der Waals surface area (Å²) in [6, 6.07) is 14.2. The number of hydrogen-bond acceptors (Lipinski definition) is 4. The molecule has 6 heteroatoms. The van der Waals surface area contributed by atoms with Crippen LogP contribution in [-0.2, 0) is 11.3 Å². The average Bonchev–Trinajstić information content (AvgIpc) is 3.42. The van der Waals surface area contributed by atoms with E-state index in [1.165, 1.54) is 24.7 Å². The van der Waals surface area contributed by atoms with Crippen LogP contribution < -0.4 is 0 Å². The van der Waals surface area contributed by atoms with Gasteiger partial charge in [-0.1, -0.05) is 30.3 Å². The number of carbonyl (C=O) groups is 2. The highest BCUT2D eigenvalue weighted by molar-refractivity contribution is 5.91. The largest absolute Gasteiger partial charge is 0.459 e. The average molecular weight is 367 g/mol. The number of hydrogen-bond donors (Lipinski definition) is 0. The van der Waals surface area contributed by atoms with Gasteiger partial charge in [0.1, 0.15) is 0 Å². The summed E-state index contributed by atoms with van der Waals surface area (Å²) in [7, 11) is 0. The van der Waals surface area contributed by atoms with Crippen LogP contribution in [0.3, 0.4) is 0 Å². The van der Waals surface area contributed by atoms with Crippen LogP contribution in [0.4, 0.5) is 0 Å². The molecule has 2 heterocycles. The third-order valence-corrected chi connectivity index (χ3v) is 5.28. The smallest absolute Gasteiger partial charge is 0.289 e. The zero-order valence-corrected chi connectivity index (χ0v) is 15.4. The molecule has 1 saturated carbocycles. The first-order valence-electron chi connectivity index (χ1n) is 9.59. The fraction of sp³-hybridized carbons (Fsp3) is 0.429. The molecule has 1 saturated heterocycles. The van der Waals surface area contributed by atoms with Crippen LogP contribution in [0.25, 0.3) is 0 Å². The van der Waals surface area contributed by atoms with Crippen LogP contribution in [0, 0.1) is 0 Å². The summed E-state index contributed by atoms with van der Waals surface area (Å²) in [4.78, 5) is 31.1. The molecule has 0 atom stereocenters. The van der Waals surface area contributed by atoms with Gasteiger partial charge in [-0.05, 0) is 30.5 Å². The fourth-order valence-corrected chi connectivity index (χ4v) is 3.56. The van der Waals surface area contributed by atoms with Crippen LogP contribution in [0.1, 0.15) is 29.0 Å². The van der Waals surface area contributed by atoms with E-state index in [0.29, 0.717) is 44.5 Å². The molecule has 142 valence electrons. The summed E-state index contributed by atoms with van der Waals surface area (Å²) < 4.78 is 5.19. The molecule has 2 aliphatic rings. The molecule has 1 aliphatic heterocycles. The Balaban J connectivity index is 1.30. The lowest BCUT2D eigenvalue weighted by Gasteiger charge is -2.35. The molecule has 0 spiro atoms. The zero-order valence-electron chi connectivity index (χ0n) is 15.4. The van der Waals surface area contributed by atoms with Gasteiger partial charge >= 0.3 is 0 Å². The van der Waals surface area contributed by atoms with E-state index in [2.05, 4.69) is 17.0 Å². The standard InChI is InChI=1S/C21H25N3O3/c25-20(16-24(18-8-9-18)15-17-5-2-1-3-6-17)22-10-12-23(13-11-22)21(26)19-7-4-14-27-19/h1-7,14,18H,8-13,15-16H2. The molecular weight excluding hydrogens is 342 g/mol. The van der Waals surface area contributed by atoms with Crippen LogP contribution >= 0.6 is 0 Å². The number of furan rings is 1. The van der Waals surface area contributed by atoms with E-state index in [9.17, 15) is 9.59 Å². The Morgan fingerprint density at radius 1 is 0.963 bits per heavy atom. The van der Waals surface area contributed by atoms with Crippen molar-refractivity contribution in [3.63, 3.8) is 0 Å². The predicted molar refractivity (Wildman–Crippen MR) is 101 cm³/mol.